The molecule has 0 aliphatic carbocycles. The fourth-order valence-corrected chi connectivity index (χ4v) is 3.63. The predicted octanol–water partition coefficient (Wildman–Crippen LogP) is 1.91. The molecule has 27 heavy (non-hydrogen) atoms. The van der Waals surface area contributed by atoms with Crippen LogP contribution in [0.4, 0.5) is 0 Å². The summed E-state index contributed by atoms with van der Waals surface area (Å²) in [7, 11) is 2.06. The highest BCUT2D eigenvalue weighted by atomic mass is 16.2. The van der Waals surface area contributed by atoms with Gasteiger partial charge in [-0.3, -0.25) is 14.2 Å². The second-order valence-corrected chi connectivity index (χ2v) is 6.97. The Balaban J connectivity index is 1.61. The lowest BCUT2D eigenvalue weighted by Crippen LogP contribution is -2.50. The maximum atomic E-state index is 13.1. The Labute approximate surface area is 157 Å². The highest BCUT2D eigenvalue weighted by molar-refractivity contribution is 5.79. The van der Waals surface area contributed by atoms with Crippen molar-refractivity contribution in [2.45, 2.75) is 12.6 Å². The quantitative estimate of drug-likeness (QED) is 0.714. The molecular formula is C21H22N4O2. The number of carbonyl (C=O) groups excluding carboxylic acids is 1. The number of aromatic nitrogens is 2. The van der Waals surface area contributed by atoms with Crippen molar-refractivity contribution in [3.05, 3.63) is 76.8 Å². The second-order valence-electron chi connectivity index (χ2n) is 6.97. The molecule has 1 atom stereocenters. The van der Waals surface area contributed by atoms with E-state index in [4.69, 9.17) is 0 Å². The van der Waals surface area contributed by atoms with Crippen LogP contribution >= 0.6 is 0 Å². The van der Waals surface area contributed by atoms with Gasteiger partial charge in [-0.25, -0.2) is 4.98 Å². The van der Waals surface area contributed by atoms with Crippen LogP contribution in [0.15, 0.2) is 65.7 Å². The number of likely N-dealkylation sites (N-methyl/N-ethyl adjacent to an activating group) is 1. The van der Waals surface area contributed by atoms with Gasteiger partial charge >= 0.3 is 0 Å². The summed E-state index contributed by atoms with van der Waals surface area (Å²) in [4.78, 5) is 34.2. The highest BCUT2D eigenvalue weighted by Gasteiger charge is 2.30. The van der Waals surface area contributed by atoms with Crippen molar-refractivity contribution in [3.63, 3.8) is 0 Å². The fraction of sp³-hybridized carbons (Fsp3) is 0.286. The van der Waals surface area contributed by atoms with E-state index in [1.54, 1.807) is 12.1 Å². The van der Waals surface area contributed by atoms with Gasteiger partial charge in [0.15, 0.2) is 0 Å². The molecule has 138 valence electrons. The number of nitrogens with zero attached hydrogens (tertiary/aromatic N) is 4. The molecule has 0 radical (unpaired) electrons. The molecule has 1 saturated heterocycles. The van der Waals surface area contributed by atoms with Crippen LogP contribution in [0.3, 0.4) is 0 Å². The summed E-state index contributed by atoms with van der Waals surface area (Å²) in [5.41, 5.74) is 1.58. The Morgan fingerprint density at radius 1 is 1.07 bits per heavy atom. The van der Waals surface area contributed by atoms with Crippen LogP contribution < -0.4 is 5.56 Å². The standard InChI is InChI=1S/C21H22N4O2/c1-23-11-12-25(19(13-23)16-7-3-2-4-8-16)20(26)14-24-15-22-18-10-6-5-9-17(18)21(24)27/h2-10,15,19H,11-14H2,1H3. The van der Waals surface area contributed by atoms with E-state index < -0.39 is 0 Å². The minimum absolute atomic E-state index is 0.00369. The molecule has 6 heteroatoms. The molecule has 1 fully saturated rings. The maximum Gasteiger partial charge on any atom is 0.261 e. The zero-order valence-electron chi connectivity index (χ0n) is 15.3. The lowest BCUT2D eigenvalue weighted by molar-refractivity contribution is -0.136. The first kappa shape index (κ1) is 17.4. The zero-order valence-corrected chi connectivity index (χ0v) is 15.3. The van der Waals surface area contributed by atoms with Gasteiger partial charge in [0, 0.05) is 19.6 Å². The largest absolute Gasteiger partial charge is 0.332 e. The maximum absolute atomic E-state index is 13.1. The van der Waals surface area contributed by atoms with E-state index in [2.05, 4.69) is 16.9 Å². The smallest absolute Gasteiger partial charge is 0.261 e. The summed E-state index contributed by atoms with van der Waals surface area (Å²) in [5.74, 6) is -0.0591. The molecule has 0 bridgehead atoms. The lowest BCUT2D eigenvalue weighted by atomic mass is 10.0. The third-order valence-corrected chi connectivity index (χ3v) is 5.13. The summed E-state index contributed by atoms with van der Waals surface area (Å²) in [6.45, 7) is 2.24. The normalized spacial score (nSPS) is 18.0. The van der Waals surface area contributed by atoms with E-state index in [0.29, 0.717) is 17.4 Å². The molecule has 1 aromatic heterocycles. The average Bonchev–Trinajstić information content (AvgIpc) is 2.71. The van der Waals surface area contributed by atoms with Crippen LogP contribution in [-0.4, -0.2) is 51.9 Å². The van der Waals surface area contributed by atoms with Gasteiger partial charge in [-0.05, 0) is 24.7 Å². The van der Waals surface area contributed by atoms with Crippen LogP contribution in [0.25, 0.3) is 10.9 Å². The van der Waals surface area contributed by atoms with Gasteiger partial charge in [0.1, 0.15) is 6.54 Å². The van der Waals surface area contributed by atoms with Crippen LogP contribution in [0, 0.1) is 0 Å². The highest BCUT2D eigenvalue weighted by Crippen LogP contribution is 2.25. The van der Waals surface area contributed by atoms with Gasteiger partial charge in [0.25, 0.3) is 5.56 Å². The van der Waals surface area contributed by atoms with Crippen LogP contribution in [-0.2, 0) is 11.3 Å². The first-order valence-electron chi connectivity index (χ1n) is 9.10. The molecular weight excluding hydrogens is 340 g/mol. The van der Waals surface area contributed by atoms with E-state index in [1.165, 1.54) is 10.9 Å². The van der Waals surface area contributed by atoms with Crippen LogP contribution in [0.1, 0.15) is 11.6 Å². The Morgan fingerprint density at radius 2 is 1.81 bits per heavy atom. The van der Waals surface area contributed by atoms with E-state index in [1.807, 2.05) is 47.4 Å². The molecule has 0 saturated carbocycles. The number of rotatable bonds is 3. The average molecular weight is 362 g/mol. The topological polar surface area (TPSA) is 58.4 Å². The first-order chi connectivity index (χ1) is 13.1. The van der Waals surface area contributed by atoms with Crippen molar-refractivity contribution in [1.29, 1.82) is 0 Å². The van der Waals surface area contributed by atoms with Gasteiger partial charge < -0.3 is 9.80 Å². The van der Waals surface area contributed by atoms with Crippen molar-refractivity contribution in [2.24, 2.45) is 0 Å². The number of benzene rings is 2. The molecule has 1 unspecified atom stereocenters. The summed E-state index contributed by atoms with van der Waals surface area (Å²) in [5, 5.41) is 0.533. The predicted molar refractivity (Wildman–Crippen MR) is 104 cm³/mol. The van der Waals surface area contributed by atoms with E-state index in [-0.39, 0.29) is 24.1 Å². The zero-order chi connectivity index (χ0) is 18.8. The summed E-state index contributed by atoms with van der Waals surface area (Å²) < 4.78 is 1.41. The van der Waals surface area contributed by atoms with Crippen LogP contribution in [0.5, 0.6) is 0 Å². The van der Waals surface area contributed by atoms with Crippen molar-refractivity contribution in [2.75, 3.05) is 26.7 Å². The van der Waals surface area contributed by atoms with Crippen molar-refractivity contribution >= 4 is 16.8 Å². The molecule has 2 aromatic carbocycles. The van der Waals surface area contributed by atoms with Gasteiger partial charge in [0.2, 0.25) is 5.91 Å². The number of hydrogen-bond donors (Lipinski definition) is 0. The van der Waals surface area contributed by atoms with Crippen molar-refractivity contribution < 1.29 is 4.79 Å². The Hall–Kier alpha value is -2.99. The van der Waals surface area contributed by atoms with Crippen LogP contribution in [0.2, 0.25) is 0 Å². The Bertz CT molecular complexity index is 1020. The molecule has 6 nitrogen and oxygen atoms in total. The molecule has 1 amide bonds. The minimum atomic E-state index is -0.181. The fourth-order valence-electron chi connectivity index (χ4n) is 3.63. The molecule has 1 aliphatic rings. The minimum Gasteiger partial charge on any atom is -0.332 e. The third-order valence-electron chi connectivity index (χ3n) is 5.13. The first-order valence-corrected chi connectivity index (χ1v) is 9.10. The number of fused-ring (bicyclic) bond motifs is 1. The summed E-state index contributed by atoms with van der Waals surface area (Å²) in [6.07, 6.45) is 1.47. The Kier molecular flexibility index (Phi) is 4.73. The third kappa shape index (κ3) is 3.48. The summed E-state index contributed by atoms with van der Waals surface area (Å²) >= 11 is 0. The molecule has 0 N–H and O–H groups in total. The van der Waals surface area contributed by atoms with Gasteiger partial charge in [-0.2, -0.15) is 0 Å². The van der Waals surface area contributed by atoms with Gasteiger partial charge in [-0.15, -0.1) is 0 Å². The van der Waals surface area contributed by atoms with Gasteiger partial charge in [0.05, 0.1) is 23.3 Å². The number of piperazine rings is 1. The number of amides is 1. The van der Waals surface area contributed by atoms with Gasteiger partial charge in [-0.1, -0.05) is 42.5 Å². The Morgan fingerprint density at radius 3 is 2.63 bits per heavy atom. The number of para-hydroxylation sites is 1. The molecule has 2 heterocycles. The van der Waals surface area contributed by atoms with E-state index >= 15 is 0 Å². The van der Waals surface area contributed by atoms with Crippen molar-refractivity contribution in [1.82, 2.24) is 19.4 Å². The lowest BCUT2D eigenvalue weighted by Gasteiger charge is -2.40. The molecule has 1 aliphatic heterocycles. The monoisotopic (exact) mass is 362 g/mol. The van der Waals surface area contributed by atoms with E-state index in [0.717, 1.165) is 18.7 Å². The molecule has 3 aromatic rings. The molecule has 4 rings (SSSR count). The second kappa shape index (κ2) is 7.32. The molecule has 0 spiro atoms. The number of hydrogen-bond acceptors (Lipinski definition) is 4. The van der Waals surface area contributed by atoms with E-state index in [9.17, 15) is 9.59 Å². The number of carbonyl (C=O) groups is 1. The summed E-state index contributed by atoms with van der Waals surface area (Å²) in [6, 6.07) is 17.2. The SMILES string of the molecule is CN1CCN(C(=O)Cn2cnc3ccccc3c2=O)C(c2ccccc2)C1. The van der Waals surface area contributed by atoms with Crippen molar-refractivity contribution in [3.8, 4) is 0 Å².